The van der Waals surface area contributed by atoms with Gasteiger partial charge in [-0.05, 0) is 17.5 Å². The molecule has 0 aliphatic rings. The van der Waals surface area contributed by atoms with Crippen molar-refractivity contribution >= 4 is 60.5 Å². The summed E-state index contributed by atoms with van der Waals surface area (Å²) in [5.41, 5.74) is -0.247. The fourth-order valence-electron chi connectivity index (χ4n) is 2.49. The molecule has 4 rings (SSSR count). The van der Waals surface area contributed by atoms with Crippen LogP contribution in [0.1, 0.15) is 4.88 Å². The Balaban J connectivity index is 1.49. The molecule has 3 aromatic heterocycles. The molecule has 0 aliphatic carbocycles. The van der Waals surface area contributed by atoms with Crippen LogP contribution in [0.5, 0.6) is 0 Å². The minimum atomic E-state index is -0.507. The number of fused-ring (bicyclic) bond motifs is 2. The molecule has 0 amide bonds. The largest absolute Gasteiger partial charge is 0.459 e. The van der Waals surface area contributed by atoms with Crippen LogP contribution in [0.3, 0.4) is 0 Å². The number of ether oxygens (including phenoxy) is 1. The molecule has 4 aromatic rings. The van der Waals surface area contributed by atoms with E-state index in [0.29, 0.717) is 15.2 Å². The first-order valence-electron chi connectivity index (χ1n) is 7.37. The number of hydrogen-bond donors (Lipinski definition) is 0. The molecule has 0 saturated carbocycles. The average molecular weight is 391 g/mol. The maximum atomic E-state index is 12.3. The van der Waals surface area contributed by atoms with E-state index in [1.807, 2.05) is 24.3 Å². The molecule has 1 aromatic carbocycles. The van der Waals surface area contributed by atoms with Gasteiger partial charge in [-0.15, -0.1) is 22.7 Å². The molecule has 126 valence electrons. The topological polar surface area (TPSA) is 61.2 Å². The van der Waals surface area contributed by atoms with Gasteiger partial charge in [0.05, 0.1) is 21.6 Å². The normalized spacial score (nSPS) is 11.2. The van der Waals surface area contributed by atoms with E-state index in [4.69, 9.17) is 16.3 Å². The minimum absolute atomic E-state index is 0.0832. The number of halogens is 1. The third-order valence-corrected chi connectivity index (χ3v) is 6.22. The van der Waals surface area contributed by atoms with E-state index in [0.717, 1.165) is 15.0 Å². The molecule has 8 heteroatoms. The number of hydrogen-bond acceptors (Lipinski definition) is 6. The highest BCUT2D eigenvalue weighted by Gasteiger charge is 2.14. The lowest BCUT2D eigenvalue weighted by molar-refractivity contribution is -0.145. The molecular weight excluding hydrogens is 380 g/mol. The first-order chi connectivity index (χ1) is 12.1. The zero-order valence-corrected chi connectivity index (χ0v) is 15.2. The minimum Gasteiger partial charge on any atom is -0.459 e. The number of nitrogens with zero attached hydrogens (tertiary/aromatic N) is 2. The highest BCUT2D eigenvalue weighted by Crippen LogP contribution is 2.35. The lowest BCUT2D eigenvalue weighted by Gasteiger charge is -2.06. The van der Waals surface area contributed by atoms with Crippen molar-refractivity contribution in [2.75, 3.05) is 0 Å². The van der Waals surface area contributed by atoms with Crippen LogP contribution in [0.15, 0.2) is 46.8 Å². The number of carbonyl (C=O) groups is 1. The summed E-state index contributed by atoms with van der Waals surface area (Å²) in [6.07, 6.45) is 1.37. The maximum Gasteiger partial charge on any atom is 0.326 e. The van der Waals surface area contributed by atoms with Gasteiger partial charge in [-0.3, -0.25) is 14.2 Å². The highest BCUT2D eigenvalue weighted by atomic mass is 35.5. The summed E-state index contributed by atoms with van der Waals surface area (Å²) < 4.78 is 7.59. The summed E-state index contributed by atoms with van der Waals surface area (Å²) in [7, 11) is 0. The number of rotatable bonds is 4. The van der Waals surface area contributed by atoms with E-state index in [9.17, 15) is 9.59 Å². The summed E-state index contributed by atoms with van der Waals surface area (Å²) in [4.78, 5) is 30.0. The number of aromatic nitrogens is 2. The Labute approximate surface area is 155 Å². The van der Waals surface area contributed by atoms with Crippen LogP contribution in [-0.4, -0.2) is 15.5 Å². The number of carbonyl (C=O) groups excluding carboxylic acids is 1. The molecule has 0 bridgehead atoms. The van der Waals surface area contributed by atoms with Gasteiger partial charge in [0.15, 0.2) is 0 Å². The molecule has 0 atom stereocenters. The number of thiophene rings is 2. The van der Waals surface area contributed by atoms with Gasteiger partial charge >= 0.3 is 5.97 Å². The van der Waals surface area contributed by atoms with E-state index >= 15 is 0 Å². The van der Waals surface area contributed by atoms with Gasteiger partial charge < -0.3 is 4.74 Å². The molecule has 0 fully saturated rings. The lowest BCUT2D eigenvalue weighted by atomic mass is 10.2. The SMILES string of the molecule is O=C(Cn1cnc2sccc2c1=O)OCc1sc2ccccc2c1Cl. The molecule has 0 saturated heterocycles. The Hall–Kier alpha value is -2.22. The van der Waals surface area contributed by atoms with Gasteiger partial charge in [-0.1, -0.05) is 29.8 Å². The molecule has 0 unspecified atom stereocenters. The van der Waals surface area contributed by atoms with E-state index < -0.39 is 5.97 Å². The van der Waals surface area contributed by atoms with Gasteiger partial charge in [0.25, 0.3) is 5.56 Å². The van der Waals surface area contributed by atoms with Crippen LogP contribution < -0.4 is 5.56 Å². The second-order valence-corrected chi connectivity index (χ2v) is 7.72. The molecule has 5 nitrogen and oxygen atoms in total. The zero-order chi connectivity index (χ0) is 17.4. The number of esters is 1. The Morgan fingerprint density at radius 2 is 2.08 bits per heavy atom. The van der Waals surface area contributed by atoms with Gasteiger partial charge in [0, 0.05) is 10.1 Å². The van der Waals surface area contributed by atoms with Crippen molar-refractivity contribution in [2.45, 2.75) is 13.2 Å². The van der Waals surface area contributed by atoms with E-state index in [1.165, 1.54) is 33.6 Å². The average Bonchev–Trinajstić information content (AvgIpc) is 3.21. The van der Waals surface area contributed by atoms with Crippen LogP contribution in [0, 0.1) is 0 Å². The van der Waals surface area contributed by atoms with Gasteiger partial charge in [0.1, 0.15) is 18.0 Å². The van der Waals surface area contributed by atoms with Crippen molar-refractivity contribution in [3.63, 3.8) is 0 Å². The molecule has 0 radical (unpaired) electrons. The number of benzene rings is 1. The monoisotopic (exact) mass is 390 g/mol. The quantitative estimate of drug-likeness (QED) is 0.493. The predicted molar refractivity (Wildman–Crippen MR) is 101 cm³/mol. The smallest absolute Gasteiger partial charge is 0.326 e. The highest BCUT2D eigenvalue weighted by molar-refractivity contribution is 7.19. The summed E-state index contributed by atoms with van der Waals surface area (Å²) in [5.74, 6) is -0.507. The second-order valence-electron chi connectivity index (χ2n) is 5.31. The molecule has 0 spiro atoms. The first kappa shape index (κ1) is 16.3. The van der Waals surface area contributed by atoms with E-state index in [-0.39, 0.29) is 18.7 Å². The fourth-order valence-corrected chi connectivity index (χ4v) is 4.62. The Morgan fingerprint density at radius 1 is 1.24 bits per heavy atom. The van der Waals surface area contributed by atoms with Crippen molar-refractivity contribution in [3.05, 3.63) is 62.3 Å². The van der Waals surface area contributed by atoms with Crippen LogP contribution in [-0.2, 0) is 22.7 Å². The van der Waals surface area contributed by atoms with Crippen LogP contribution in [0.25, 0.3) is 20.3 Å². The summed E-state index contributed by atoms with van der Waals surface area (Å²) >= 11 is 9.21. The zero-order valence-electron chi connectivity index (χ0n) is 12.8. The van der Waals surface area contributed by atoms with Crippen LogP contribution >= 0.6 is 34.3 Å². The molecule has 0 N–H and O–H groups in total. The maximum absolute atomic E-state index is 12.3. The Bertz CT molecular complexity index is 1150. The molecule has 25 heavy (non-hydrogen) atoms. The predicted octanol–water partition coefficient (Wildman–Crippen LogP) is 4.07. The van der Waals surface area contributed by atoms with Gasteiger partial charge in [-0.2, -0.15) is 0 Å². The summed E-state index contributed by atoms with van der Waals surface area (Å²) in [6.45, 7) is -0.0972. The third kappa shape index (κ3) is 3.06. The van der Waals surface area contributed by atoms with Crippen molar-refractivity contribution in [2.24, 2.45) is 0 Å². The van der Waals surface area contributed by atoms with Crippen molar-refractivity contribution in [3.8, 4) is 0 Å². The van der Waals surface area contributed by atoms with Crippen LogP contribution in [0.4, 0.5) is 0 Å². The van der Waals surface area contributed by atoms with Crippen molar-refractivity contribution in [1.29, 1.82) is 0 Å². The molecule has 3 heterocycles. The lowest BCUT2D eigenvalue weighted by Crippen LogP contribution is -2.25. The summed E-state index contributed by atoms with van der Waals surface area (Å²) in [6, 6.07) is 9.45. The van der Waals surface area contributed by atoms with E-state index in [2.05, 4.69) is 4.98 Å². The third-order valence-electron chi connectivity index (χ3n) is 3.72. The first-order valence-corrected chi connectivity index (χ1v) is 9.45. The molecule has 0 aliphatic heterocycles. The Kier molecular flexibility index (Phi) is 4.29. The Morgan fingerprint density at radius 3 is 2.92 bits per heavy atom. The van der Waals surface area contributed by atoms with Gasteiger partial charge in [-0.25, -0.2) is 4.98 Å². The fraction of sp³-hybridized carbons (Fsp3) is 0.118. The van der Waals surface area contributed by atoms with Crippen LogP contribution in [0.2, 0.25) is 5.02 Å². The second kappa shape index (κ2) is 6.59. The van der Waals surface area contributed by atoms with Crippen molar-refractivity contribution in [1.82, 2.24) is 9.55 Å². The van der Waals surface area contributed by atoms with Crippen molar-refractivity contribution < 1.29 is 9.53 Å². The standard InChI is InChI=1S/C17H11ClN2O3S2/c18-15-10-3-1-2-4-12(10)25-13(15)8-23-14(21)7-20-9-19-16-11(17(20)22)5-6-24-16/h1-6,9H,7-8H2. The summed E-state index contributed by atoms with van der Waals surface area (Å²) in [5, 5.41) is 3.86. The van der Waals surface area contributed by atoms with Gasteiger partial charge in [0.2, 0.25) is 0 Å². The van der Waals surface area contributed by atoms with E-state index in [1.54, 1.807) is 11.4 Å². The molecular formula is C17H11ClN2O3S2.